The average Bonchev–Trinajstić information content (AvgIpc) is 1.94. The summed E-state index contributed by atoms with van der Waals surface area (Å²) >= 11 is 5.22. The predicted molar refractivity (Wildman–Crippen MR) is 48.2 cm³/mol. The average molecular weight is 219 g/mol. The molecular formula is C7H9BrNS+. The summed E-state index contributed by atoms with van der Waals surface area (Å²) < 4.78 is 1.96. The number of halogens is 1. The molecule has 0 saturated carbocycles. The monoisotopic (exact) mass is 218 g/mol. The van der Waals surface area contributed by atoms with Gasteiger partial charge in [-0.15, -0.1) is 3.59 Å². The van der Waals surface area contributed by atoms with E-state index in [0.717, 1.165) is 5.75 Å². The highest BCUT2D eigenvalue weighted by atomic mass is 79.9. The van der Waals surface area contributed by atoms with Crippen molar-refractivity contribution in [3.63, 3.8) is 0 Å². The second kappa shape index (κ2) is 3.98. The third-order valence-electron chi connectivity index (χ3n) is 1.18. The molecule has 3 heteroatoms. The molecule has 1 heterocycles. The van der Waals surface area contributed by atoms with Crippen molar-refractivity contribution >= 4 is 27.9 Å². The maximum atomic E-state index is 3.40. The lowest BCUT2D eigenvalue weighted by atomic mass is 10.4. The largest absolute Gasteiger partial charge is 0.331 e. The van der Waals surface area contributed by atoms with Crippen LogP contribution >= 0.6 is 27.9 Å². The van der Waals surface area contributed by atoms with E-state index in [-0.39, 0.29) is 0 Å². The van der Waals surface area contributed by atoms with Crippen LogP contribution in [0.25, 0.3) is 0 Å². The first-order valence-electron chi connectivity index (χ1n) is 2.99. The fourth-order valence-electron chi connectivity index (χ4n) is 0.716. The SMILES string of the molecule is CSCc1cccc[n+]1Br. The van der Waals surface area contributed by atoms with Crippen LogP contribution < -0.4 is 3.59 Å². The molecule has 0 aliphatic carbocycles. The van der Waals surface area contributed by atoms with Crippen molar-refractivity contribution in [2.24, 2.45) is 0 Å². The normalized spacial score (nSPS) is 9.80. The fourth-order valence-corrected chi connectivity index (χ4v) is 1.79. The van der Waals surface area contributed by atoms with Crippen molar-refractivity contribution in [3.05, 3.63) is 30.1 Å². The van der Waals surface area contributed by atoms with E-state index in [1.807, 2.05) is 33.7 Å². The molecule has 1 rings (SSSR count). The molecule has 0 aliphatic rings. The lowest BCUT2D eigenvalue weighted by Crippen LogP contribution is -2.23. The summed E-state index contributed by atoms with van der Waals surface area (Å²) in [7, 11) is 0. The zero-order chi connectivity index (χ0) is 7.40. The van der Waals surface area contributed by atoms with Crippen molar-refractivity contribution < 1.29 is 3.59 Å². The molecule has 0 radical (unpaired) electrons. The van der Waals surface area contributed by atoms with E-state index in [1.165, 1.54) is 5.69 Å². The van der Waals surface area contributed by atoms with Crippen LogP contribution in [0.3, 0.4) is 0 Å². The second-order valence-corrected chi connectivity index (χ2v) is 3.57. The zero-order valence-electron chi connectivity index (χ0n) is 5.75. The lowest BCUT2D eigenvalue weighted by Gasteiger charge is -1.91. The van der Waals surface area contributed by atoms with Gasteiger partial charge in [0.25, 0.3) is 0 Å². The number of rotatable bonds is 2. The third-order valence-corrected chi connectivity index (χ3v) is 2.46. The van der Waals surface area contributed by atoms with Gasteiger partial charge < -0.3 is 0 Å². The predicted octanol–water partition coefficient (Wildman–Crippen LogP) is 2.00. The molecule has 0 amide bonds. The van der Waals surface area contributed by atoms with Crippen LogP contribution in [0.2, 0.25) is 0 Å². The molecule has 0 saturated heterocycles. The van der Waals surface area contributed by atoms with Gasteiger partial charge in [-0.1, -0.05) is 6.07 Å². The van der Waals surface area contributed by atoms with Gasteiger partial charge in [0.05, 0.1) is 5.75 Å². The maximum absolute atomic E-state index is 3.40. The van der Waals surface area contributed by atoms with E-state index in [2.05, 4.69) is 28.5 Å². The van der Waals surface area contributed by atoms with Crippen molar-refractivity contribution in [2.75, 3.05) is 6.26 Å². The Morgan fingerprint density at radius 3 is 3.00 bits per heavy atom. The highest BCUT2D eigenvalue weighted by molar-refractivity contribution is 9.04. The number of hydrogen-bond acceptors (Lipinski definition) is 1. The van der Waals surface area contributed by atoms with Crippen LogP contribution in [0.15, 0.2) is 24.4 Å². The molecule has 0 unspecified atom stereocenters. The Morgan fingerprint density at radius 1 is 1.60 bits per heavy atom. The summed E-state index contributed by atoms with van der Waals surface area (Å²) in [4.78, 5) is 0. The maximum Gasteiger partial charge on any atom is 0.331 e. The van der Waals surface area contributed by atoms with Crippen molar-refractivity contribution in [3.8, 4) is 0 Å². The summed E-state index contributed by atoms with van der Waals surface area (Å²) in [5, 5.41) is 0. The van der Waals surface area contributed by atoms with Gasteiger partial charge in [0.1, 0.15) is 0 Å². The standard InChI is InChI=1S/C7H9BrNS/c1-10-6-7-4-2-3-5-9(7)8/h2-5H,6H2,1H3/q+1. The Bertz CT molecular complexity index is 215. The van der Waals surface area contributed by atoms with Crippen LogP contribution in [0.5, 0.6) is 0 Å². The topological polar surface area (TPSA) is 3.88 Å². The smallest absolute Gasteiger partial charge is 0.154 e. The van der Waals surface area contributed by atoms with Gasteiger partial charge in [-0.3, -0.25) is 0 Å². The molecule has 10 heavy (non-hydrogen) atoms. The van der Waals surface area contributed by atoms with E-state index < -0.39 is 0 Å². The molecule has 1 aromatic heterocycles. The minimum atomic E-state index is 1.05. The van der Waals surface area contributed by atoms with E-state index in [4.69, 9.17) is 0 Å². The van der Waals surface area contributed by atoms with E-state index in [0.29, 0.717) is 0 Å². The van der Waals surface area contributed by atoms with E-state index >= 15 is 0 Å². The Morgan fingerprint density at radius 2 is 2.40 bits per heavy atom. The van der Waals surface area contributed by atoms with Crippen LogP contribution in [-0.4, -0.2) is 6.26 Å². The minimum absolute atomic E-state index is 1.05. The third kappa shape index (κ3) is 1.99. The first kappa shape index (κ1) is 8.08. The van der Waals surface area contributed by atoms with Crippen LogP contribution in [-0.2, 0) is 5.75 Å². The van der Waals surface area contributed by atoms with Crippen molar-refractivity contribution in [1.82, 2.24) is 0 Å². The molecule has 0 aliphatic heterocycles. The molecule has 54 valence electrons. The summed E-state index contributed by atoms with van der Waals surface area (Å²) in [6.07, 6.45) is 4.09. The molecule has 0 atom stereocenters. The molecule has 0 aromatic carbocycles. The lowest BCUT2D eigenvalue weighted by molar-refractivity contribution is -0.482. The Kier molecular flexibility index (Phi) is 3.22. The minimum Gasteiger partial charge on any atom is -0.154 e. The zero-order valence-corrected chi connectivity index (χ0v) is 8.15. The molecule has 0 spiro atoms. The van der Waals surface area contributed by atoms with Crippen LogP contribution in [0, 0.1) is 0 Å². The number of thioether (sulfide) groups is 1. The van der Waals surface area contributed by atoms with Gasteiger partial charge >= 0.3 is 16.1 Å². The molecular weight excluding hydrogens is 210 g/mol. The summed E-state index contributed by atoms with van der Waals surface area (Å²) in [6, 6.07) is 6.15. The summed E-state index contributed by atoms with van der Waals surface area (Å²) in [5.74, 6) is 1.05. The first-order valence-corrected chi connectivity index (χ1v) is 5.09. The number of aromatic nitrogens is 1. The number of pyridine rings is 1. The van der Waals surface area contributed by atoms with Gasteiger partial charge in [-0.05, 0) is 6.26 Å². The Labute approximate surface area is 73.8 Å². The highest BCUT2D eigenvalue weighted by Gasteiger charge is 2.03. The Balaban J connectivity index is 2.81. The molecule has 0 fully saturated rings. The van der Waals surface area contributed by atoms with Gasteiger partial charge in [0, 0.05) is 12.1 Å². The quantitative estimate of drug-likeness (QED) is 0.735. The van der Waals surface area contributed by atoms with E-state index in [9.17, 15) is 0 Å². The highest BCUT2D eigenvalue weighted by Crippen LogP contribution is 2.03. The molecule has 0 N–H and O–H groups in total. The number of hydrogen-bond donors (Lipinski definition) is 0. The molecule has 1 nitrogen and oxygen atoms in total. The summed E-state index contributed by atoms with van der Waals surface area (Å²) in [6.45, 7) is 0. The van der Waals surface area contributed by atoms with Crippen molar-refractivity contribution in [2.45, 2.75) is 5.75 Å². The van der Waals surface area contributed by atoms with Gasteiger partial charge in [0.15, 0.2) is 6.20 Å². The van der Waals surface area contributed by atoms with Crippen LogP contribution in [0.4, 0.5) is 0 Å². The fraction of sp³-hybridized carbons (Fsp3) is 0.286. The van der Waals surface area contributed by atoms with Gasteiger partial charge in [-0.2, -0.15) is 11.8 Å². The number of nitrogens with zero attached hydrogens (tertiary/aromatic N) is 1. The van der Waals surface area contributed by atoms with Crippen LogP contribution in [0.1, 0.15) is 5.69 Å². The van der Waals surface area contributed by atoms with Gasteiger partial charge in [0.2, 0.25) is 5.69 Å². The van der Waals surface area contributed by atoms with Gasteiger partial charge in [-0.25, -0.2) is 0 Å². The molecule has 0 bridgehead atoms. The second-order valence-electron chi connectivity index (χ2n) is 1.94. The Hall–Kier alpha value is -0.0200. The van der Waals surface area contributed by atoms with Crippen molar-refractivity contribution in [1.29, 1.82) is 0 Å². The summed E-state index contributed by atoms with van der Waals surface area (Å²) in [5.41, 5.74) is 1.29. The molecule has 1 aromatic rings. The van der Waals surface area contributed by atoms with E-state index in [1.54, 1.807) is 0 Å². The first-order chi connectivity index (χ1) is 4.84.